The molecule has 0 aliphatic carbocycles. The number of carbonyl (C=O) groups is 1. The Morgan fingerprint density at radius 3 is 2.42 bits per heavy atom. The van der Waals surface area contributed by atoms with Gasteiger partial charge in [-0.1, -0.05) is 30.3 Å². The lowest BCUT2D eigenvalue weighted by Gasteiger charge is -2.15. The summed E-state index contributed by atoms with van der Waals surface area (Å²) in [5, 5.41) is 4.18. The Bertz CT molecular complexity index is 1060. The Morgan fingerprint density at radius 1 is 1.10 bits per heavy atom. The number of hydrogen-bond donors (Lipinski definition) is 1. The van der Waals surface area contributed by atoms with Gasteiger partial charge in [0.1, 0.15) is 5.75 Å². The van der Waals surface area contributed by atoms with Gasteiger partial charge in [-0.3, -0.25) is 4.79 Å². The Balaban J connectivity index is 1.58. The average molecular weight is 436 g/mol. The van der Waals surface area contributed by atoms with Crippen molar-refractivity contribution in [2.75, 3.05) is 12.9 Å². The number of hydrazone groups is 1. The number of aromatic nitrogens is 1. The SMILES string of the molecule is COc1ccc(CSCC(=O)N/N=C\c2cc(C)n(-c3c(C)cccc3C)c2C)cc1. The minimum Gasteiger partial charge on any atom is -0.497 e. The molecular formula is C25H29N3O2S. The van der Waals surface area contributed by atoms with Crippen molar-refractivity contribution in [1.29, 1.82) is 0 Å². The number of rotatable bonds is 8. The predicted molar refractivity (Wildman–Crippen MR) is 130 cm³/mol. The summed E-state index contributed by atoms with van der Waals surface area (Å²) in [6.45, 7) is 8.41. The summed E-state index contributed by atoms with van der Waals surface area (Å²) in [7, 11) is 1.65. The molecule has 5 nitrogen and oxygen atoms in total. The molecule has 0 bridgehead atoms. The van der Waals surface area contributed by atoms with E-state index >= 15 is 0 Å². The molecule has 1 amide bonds. The van der Waals surface area contributed by atoms with Gasteiger partial charge in [-0.15, -0.1) is 11.8 Å². The van der Waals surface area contributed by atoms with Gasteiger partial charge in [0.05, 0.1) is 24.8 Å². The fourth-order valence-corrected chi connectivity index (χ4v) is 4.39. The van der Waals surface area contributed by atoms with Crippen LogP contribution >= 0.6 is 11.8 Å². The summed E-state index contributed by atoms with van der Waals surface area (Å²) in [5.41, 5.74) is 10.7. The maximum absolute atomic E-state index is 12.1. The van der Waals surface area contributed by atoms with Crippen molar-refractivity contribution < 1.29 is 9.53 Å². The van der Waals surface area contributed by atoms with E-state index in [4.69, 9.17) is 4.74 Å². The largest absolute Gasteiger partial charge is 0.497 e. The molecule has 31 heavy (non-hydrogen) atoms. The molecule has 0 saturated heterocycles. The second-order valence-corrected chi connectivity index (χ2v) is 8.52. The number of thioether (sulfide) groups is 1. The zero-order valence-corrected chi connectivity index (χ0v) is 19.5. The molecule has 3 aromatic rings. The summed E-state index contributed by atoms with van der Waals surface area (Å²) < 4.78 is 7.41. The molecule has 6 heteroatoms. The van der Waals surface area contributed by atoms with Crippen LogP contribution in [-0.4, -0.2) is 29.6 Å². The van der Waals surface area contributed by atoms with E-state index in [2.05, 4.69) is 67.1 Å². The van der Waals surface area contributed by atoms with E-state index in [1.807, 2.05) is 24.3 Å². The Kier molecular flexibility index (Phi) is 7.58. The van der Waals surface area contributed by atoms with Crippen LogP contribution in [0.1, 0.15) is 33.6 Å². The molecule has 162 valence electrons. The van der Waals surface area contributed by atoms with Gasteiger partial charge in [0, 0.05) is 22.7 Å². The van der Waals surface area contributed by atoms with Crippen LogP contribution in [0.15, 0.2) is 53.6 Å². The van der Waals surface area contributed by atoms with E-state index in [0.717, 1.165) is 34.0 Å². The minimum atomic E-state index is -0.113. The van der Waals surface area contributed by atoms with Gasteiger partial charge < -0.3 is 9.30 Å². The highest BCUT2D eigenvalue weighted by molar-refractivity contribution is 7.99. The third-order valence-corrected chi connectivity index (χ3v) is 6.19. The first-order valence-electron chi connectivity index (χ1n) is 10.2. The van der Waals surface area contributed by atoms with Gasteiger partial charge >= 0.3 is 0 Å². The number of aryl methyl sites for hydroxylation is 3. The first-order valence-corrected chi connectivity index (χ1v) is 11.3. The lowest BCUT2D eigenvalue weighted by atomic mass is 10.1. The summed E-state index contributed by atoms with van der Waals surface area (Å²) in [5.74, 6) is 1.83. The topological polar surface area (TPSA) is 55.6 Å². The number of benzene rings is 2. The minimum absolute atomic E-state index is 0.113. The lowest BCUT2D eigenvalue weighted by molar-refractivity contribution is -0.118. The van der Waals surface area contributed by atoms with Crippen LogP contribution in [0.4, 0.5) is 0 Å². The Hall–Kier alpha value is -2.99. The number of amides is 1. The number of hydrogen-bond acceptors (Lipinski definition) is 4. The van der Waals surface area contributed by atoms with Crippen molar-refractivity contribution in [3.8, 4) is 11.4 Å². The van der Waals surface area contributed by atoms with Crippen LogP contribution in [0.3, 0.4) is 0 Å². The van der Waals surface area contributed by atoms with E-state index in [0.29, 0.717) is 5.75 Å². The molecule has 1 heterocycles. The highest BCUT2D eigenvalue weighted by Crippen LogP contribution is 2.25. The molecule has 2 aromatic carbocycles. The molecule has 0 unspecified atom stereocenters. The van der Waals surface area contributed by atoms with Crippen molar-refractivity contribution in [3.63, 3.8) is 0 Å². The second kappa shape index (κ2) is 10.4. The van der Waals surface area contributed by atoms with Crippen LogP contribution < -0.4 is 10.2 Å². The van der Waals surface area contributed by atoms with Crippen molar-refractivity contribution in [2.24, 2.45) is 5.10 Å². The first-order chi connectivity index (χ1) is 14.9. The summed E-state index contributed by atoms with van der Waals surface area (Å²) >= 11 is 1.55. The summed E-state index contributed by atoms with van der Waals surface area (Å²) in [4.78, 5) is 12.1. The molecule has 0 aliphatic rings. The molecule has 1 N–H and O–H groups in total. The lowest BCUT2D eigenvalue weighted by Crippen LogP contribution is -2.19. The summed E-state index contributed by atoms with van der Waals surface area (Å²) in [6.07, 6.45) is 1.72. The highest BCUT2D eigenvalue weighted by Gasteiger charge is 2.13. The molecule has 0 fully saturated rings. The van der Waals surface area contributed by atoms with Crippen LogP contribution in [0.2, 0.25) is 0 Å². The van der Waals surface area contributed by atoms with Crippen molar-refractivity contribution in [1.82, 2.24) is 9.99 Å². The molecule has 0 radical (unpaired) electrons. The van der Waals surface area contributed by atoms with Gasteiger partial charge in [0.15, 0.2) is 0 Å². The van der Waals surface area contributed by atoms with Crippen molar-refractivity contribution in [3.05, 3.63) is 82.2 Å². The molecule has 0 aliphatic heterocycles. The van der Waals surface area contributed by atoms with E-state index < -0.39 is 0 Å². The quantitative estimate of drug-likeness (QED) is 0.395. The van der Waals surface area contributed by atoms with E-state index in [1.165, 1.54) is 16.8 Å². The van der Waals surface area contributed by atoms with E-state index in [9.17, 15) is 4.79 Å². The molecule has 3 rings (SSSR count). The maximum atomic E-state index is 12.1. The Labute approximate surface area is 188 Å². The van der Waals surface area contributed by atoms with Crippen LogP contribution in [0, 0.1) is 27.7 Å². The monoisotopic (exact) mass is 435 g/mol. The third kappa shape index (κ3) is 5.58. The van der Waals surface area contributed by atoms with E-state index in [-0.39, 0.29) is 5.91 Å². The fourth-order valence-electron chi connectivity index (χ4n) is 3.61. The maximum Gasteiger partial charge on any atom is 0.250 e. The number of para-hydroxylation sites is 1. The predicted octanol–water partition coefficient (Wildman–Crippen LogP) is 5.10. The molecule has 1 aromatic heterocycles. The van der Waals surface area contributed by atoms with Crippen LogP contribution in [0.25, 0.3) is 5.69 Å². The number of ether oxygens (including phenoxy) is 1. The number of carbonyl (C=O) groups excluding carboxylic acids is 1. The zero-order valence-electron chi connectivity index (χ0n) is 18.7. The Morgan fingerprint density at radius 2 is 1.77 bits per heavy atom. The fraction of sp³-hybridized carbons (Fsp3) is 0.280. The highest BCUT2D eigenvalue weighted by atomic mass is 32.2. The van der Waals surface area contributed by atoms with Crippen molar-refractivity contribution in [2.45, 2.75) is 33.4 Å². The average Bonchev–Trinajstić information content (AvgIpc) is 3.02. The van der Waals surface area contributed by atoms with Gasteiger partial charge in [-0.25, -0.2) is 5.43 Å². The van der Waals surface area contributed by atoms with Crippen LogP contribution in [0.5, 0.6) is 5.75 Å². The summed E-state index contributed by atoms with van der Waals surface area (Å²) in [6, 6.07) is 16.3. The molecule has 0 atom stereocenters. The number of nitrogens with one attached hydrogen (secondary N) is 1. The zero-order chi connectivity index (χ0) is 22.4. The smallest absolute Gasteiger partial charge is 0.250 e. The molecule has 0 saturated carbocycles. The number of nitrogens with zero attached hydrogens (tertiary/aromatic N) is 2. The van der Waals surface area contributed by atoms with Crippen molar-refractivity contribution >= 4 is 23.9 Å². The second-order valence-electron chi connectivity index (χ2n) is 7.54. The van der Waals surface area contributed by atoms with Gasteiger partial charge in [0.2, 0.25) is 5.91 Å². The number of methoxy groups -OCH3 is 1. The van der Waals surface area contributed by atoms with Gasteiger partial charge in [-0.05, 0) is 62.6 Å². The van der Waals surface area contributed by atoms with Gasteiger partial charge in [0.25, 0.3) is 0 Å². The molecule has 0 spiro atoms. The van der Waals surface area contributed by atoms with Gasteiger partial charge in [-0.2, -0.15) is 5.10 Å². The van der Waals surface area contributed by atoms with E-state index in [1.54, 1.807) is 25.1 Å². The first kappa shape index (κ1) is 22.7. The third-order valence-electron chi connectivity index (χ3n) is 5.19. The normalized spacial score (nSPS) is 11.1. The molecular weight excluding hydrogens is 406 g/mol. The van der Waals surface area contributed by atoms with Crippen LogP contribution in [-0.2, 0) is 10.5 Å². The standard InChI is InChI=1S/C25H29N3O2S/c1-17-7-6-8-18(2)25(17)28-19(3)13-22(20(28)4)14-26-27-24(29)16-31-15-21-9-11-23(30-5)12-10-21/h6-14H,15-16H2,1-5H3,(H,27,29)/b26-14-.